The van der Waals surface area contributed by atoms with Gasteiger partial charge in [-0.3, -0.25) is 0 Å². The molecule has 0 radical (unpaired) electrons. The van der Waals surface area contributed by atoms with Gasteiger partial charge in [0.05, 0.1) is 0 Å². The molecule has 0 spiro atoms. The van der Waals surface area contributed by atoms with Crippen molar-refractivity contribution < 1.29 is 0 Å². The van der Waals surface area contributed by atoms with E-state index in [9.17, 15) is 0 Å². The van der Waals surface area contributed by atoms with Crippen molar-refractivity contribution in [1.82, 2.24) is 0 Å². The van der Waals surface area contributed by atoms with Crippen LogP contribution in [0.3, 0.4) is 0 Å². The van der Waals surface area contributed by atoms with Gasteiger partial charge in [-0.1, -0.05) is 38.1 Å². The number of rotatable bonds is 9. The Hall–Kier alpha value is -11.3. The summed E-state index contributed by atoms with van der Waals surface area (Å²) >= 11 is -0.158. The molecule has 8 heteroatoms. The third kappa shape index (κ3) is 8.35. The number of benzene rings is 14. The Bertz CT molecular complexity index is 5530. The Balaban J connectivity index is 0.849. The fraction of sp³-hybridized carbons (Fsp3) is 0.0667. The molecule has 5 nitrogen and oxygen atoms in total. The topological polar surface area (TPSA) is 16.2 Å². The van der Waals surface area contributed by atoms with Crippen molar-refractivity contribution in [2.24, 2.45) is 0 Å². The van der Waals surface area contributed by atoms with E-state index >= 15 is 0 Å². The Labute approximate surface area is 580 Å². The van der Waals surface area contributed by atoms with E-state index in [1.165, 1.54) is 126 Å². The summed E-state index contributed by atoms with van der Waals surface area (Å²) in [7, 11) is 0. The third-order valence-corrected chi connectivity index (χ3v) is 24.4. The second-order valence-corrected chi connectivity index (χ2v) is 30.2. The van der Waals surface area contributed by atoms with Crippen LogP contribution in [0, 0.1) is 0 Å². The molecule has 4 heterocycles. The SMILES string of the molecule is CC1(C)c2ccccc2-c2ccc(N3c4ccccc4B4c5cc6c(cc5[Se]c5cc(N(c7ccccc7)c7ccccc7)cc3c54)N(c3ccccc3)c3cc(N(c4ccccc4)c4ccccc4)cc4c3B6c3ccccc3N4c3ccc4c(c3)C(C)(C)c3ccccc3-4)cc21. The standard InChI is InChI=1S/C90H65B2N5Se/c1-89(2)71-40-22-20-38-67(71)69-48-46-63(50-73(69)89)96-79-44-26-24-42-75(79)91-77-56-78-85(57-81(77)95(62-36-18-9-19-37-62)82-52-65(53-83(96)87(82)91)93(58-28-10-5-11-29-58)59-30-12-6-13-31-59)98-86-55-66(94(60-32-14-7-15-33-60)61-34-16-8-17-35-61)54-84-88(86)92(78)76-43-25-27-45-80(76)97(84)64-47-49-70-68-39-21-23-41-72(68)90(3,4)74(70)51-64/h5-57H,1-4H3. The molecule has 20 rings (SSSR count). The second kappa shape index (κ2) is 21.6. The molecule has 0 aromatic heterocycles. The molecule has 6 aliphatic rings. The quantitative estimate of drug-likeness (QED) is 0.134. The van der Waals surface area contributed by atoms with Crippen LogP contribution in [-0.4, -0.2) is 28.4 Å². The third-order valence-electron chi connectivity index (χ3n) is 22.0. The van der Waals surface area contributed by atoms with Crippen molar-refractivity contribution >= 4 is 155 Å². The van der Waals surface area contributed by atoms with Crippen molar-refractivity contribution in [1.29, 1.82) is 0 Å². The molecule has 462 valence electrons. The molecule has 14 aromatic carbocycles. The molecule has 0 atom stereocenters. The molecule has 4 aliphatic heterocycles. The van der Waals surface area contributed by atoms with Crippen molar-refractivity contribution in [3.63, 3.8) is 0 Å². The molecule has 0 saturated heterocycles. The van der Waals surface area contributed by atoms with Crippen LogP contribution in [0.25, 0.3) is 22.3 Å². The Morgan fingerprint density at radius 3 is 1.11 bits per heavy atom. The monoisotopic (exact) mass is 1320 g/mol. The number of fused-ring (bicyclic) bond motifs is 14. The van der Waals surface area contributed by atoms with Crippen LogP contribution < -0.4 is 66.2 Å². The zero-order valence-corrected chi connectivity index (χ0v) is 56.6. The first-order valence-corrected chi connectivity index (χ1v) is 36.0. The fourth-order valence-corrected chi connectivity index (χ4v) is 20.2. The molecule has 14 aromatic rings. The minimum absolute atomic E-state index is 0.0672. The van der Waals surface area contributed by atoms with Gasteiger partial charge in [0.25, 0.3) is 0 Å². The summed E-state index contributed by atoms with van der Waals surface area (Å²) in [6.45, 7) is 9.41. The first kappa shape index (κ1) is 57.0. The summed E-state index contributed by atoms with van der Waals surface area (Å²) in [4.78, 5) is 12.8. The Morgan fingerprint density at radius 1 is 0.255 bits per heavy atom. The average Bonchev–Trinajstić information content (AvgIpc) is 0.879. The van der Waals surface area contributed by atoms with Crippen molar-refractivity contribution in [3.8, 4) is 22.3 Å². The van der Waals surface area contributed by atoms with Gasteiger partial charge in [-0.2, -0.15) is 0 Å². The normalized spacial score (nSPS) is 14.6. The van der Waals surface area contributed by atoms with Crippen molar-refractivity contribution in [2.45, 2.75) is 38.5 Å². The first-order valence-electron chi connectivity index (χ1n) is 34.3. The van der Waals surface area contributed by atoms with Gasteiger partial charge in [-0.15, -0.1) is 0 Å². The van der Waals surface area contributed by atoms with Crippen molar-refractivity contribution in [2.75, 3.05) is 24.5 Å². The second-order valence-electron chi connectivity index (χ2n) is 28.0. The predicted molar refractivity (Wildman–Crippen MR) is 416 cm³/mol. The maximum absolute atomic E-state index is 2.70. The van der Waals surface area contributed by atoms with Crippen LogP contribution in [0.5, 0.6) is 0 Å². The number of anilines is 15. The summed E-state index contributed by atoms with van der Waals surface area (Å²) in [5.74, 6) is 0. The zero-order valence-electron chi connectivity index (χ0n) is 54.9. The van der Waals surface area contributed by atoms with Gasteiger partial charge in [0.2, 0.25) is 0 Å². The molecular weight excluding hydrogens is 1250 g/mol. The van der Waals surface area contributed by atoms with Crippen LogP contribution in [0.1, 0.15) is 49.9 Å². The van der Waals surface area contributed by atoms with Crippen LogP contribution in [0.2, 0.25) is 0 Å². The molecular formula is C90H65B2N5Se. The van der Waals surface area contributed by atoms with E-state index in [-0.39, 0.29) is 39.2 Å². The van der Waals surface area contributed by atoms with Gasteiger partial charge in [0.15, 0.2) is 0 Å². The van der Waals surface area contributed by atoms with E-state index in [0.717, 1.165) is 45.5 Å². The van der Waals surface area contributed by atoms with Gasteiger partial charge >= 0.3 is 535 Å². The van der Waals surface area contributed by atoms with E-state index in [0.29, 0.717) is 0 Å². The summed E-state index contributed by atoms with van der Waals surface area (Å²) in [5, 5.41) is 0. The molecule has 0 fully saturated rings. The van der Waals surface area contributed by atoms with Gasteiger partial charge in [-0.25, -0.2) is 0 Å². The summed E-state index contributed by atoms with van der Waals surface area (Å²) in [5.41, 5.74) is 35.6. The number of para-hydroxylation sites is 7. The summed E-state index contributed by atoms with van der Waals surface area (Å²) in [6.07, 6.45) is 0. The van der Waals surface area contributed by atoms with E-state index in [1.807, 2.05) is 0 Å². The maximum atomic E-state index is 2.70. The van der Waals surface area contributed by atoms with E-state index in [2.05, 4.69) is 374 Å². The Morgan fingerprint density at radius 2 is 0.633 bits per heavy atom. The molecule has 0 saturated carbocycles. The van der Waals surface area contributed by atoms with Crippen LogP contribution in [0.15, 0.2) is 322 Å². The molecule has 0 amide bonds. The fourth-order valence-electron chi connectivity index (χ4n) is 17.6. The average molecular weight is 1320 g/mol. The van der Waals surface area contributed by atoms with Crippen molar-refractivity contribution in [3.05, 3.63) is 344 Å². The minimum atomic E-state index is -0.204. The number of hydrogen-bond donors (Lipinski definition) is 0. The first-order chi connectivity index (χ1) is 48.2. The molecule has 0 unspecified atom stereocenters. The number of hydrogen-bond acceptors (Lipinski definition) is 5. The summed E-state index contributed by atoms with van der Waals surface area (Å²) in [6, 6.07) is 122. The van der Waals surface area contributed by atoms with E-state index in [4.69, 9.17) is 0 Å². The molecule has 2 aliphatic carbocycles. The predicted octanol–water partition coefficient (Wildman–Crippen LogP) is 17.6. The van der Waals surface area contributed by atoms with Crippen LogP contribution in [0.4, 0.5) is 85.3 Å². The van der Waals surface area contributed by atoms with Gasteiger partial charge < -0.3 is 0 Å². The van der Waals surface area contributed by atoms with E-state index in [1.54, 1.807) is 0 Å². The summed E-state index contributed by atoms with van der Waals surface area (Å²) < 4.78 is 2.78. The van der Waals surface area contributed by atoms with Gasteiger partial charge in [0, 0.05) is 0 Å². The molecule has 98 heavy (non-hydrogen) atoms. The molecule has 0 N–H and O–H groups in total. The van der Waals surface area contributed by atoms with Gasteiger partial charge in [0.1, 0.15) is 0 Å². The van der Waals surface area contributed by atoms with Crippen LogP contribution >= 0.6 is 0 Å². The molecule has 0 bridgehead atoms. The number of nitrogens with zero attached hydrogens (tertiary/aromatic N) is 5. The van der Waals surface area contributed by atoms with Gasteiger partial charge in [-0.05, 0) is 11.1 Å². The Kier molecular flexibility index (Phi) is 12.6. The van der Waals surface area contributed by atoms with E-state index < -0.39 is 0 Å². The zero-order chi connectivity index (χ0) is 65.1. The van der Waals surface area contributed by atoms with Crippen LogP contribution in [-0.2, 0) is 10.8 Å².